The van der Waals surface area contributed by atoms with Gasteiger partial charge in [-0.3, -0.25) is 9.59 Å². The fourth-order valence-electron chi connectivity index (χ4n) is 4.71. The molecule has 0 bridgehead atoms. The standard InChI is InChI=1S/C25H23F3N2O4S/c1-25-10-2-3-17(24(25)30(23(32)14-25)15-16-4-7-18(26)8-5-16)6-9-22(31)29-35(33,34)21-12-19(27)11-20(28)13-21/h4-9,11-13H,2-3,10,14-15H2,1H3,(H,29,31)/b9-6+. The lowest BCUT2D eigenvalue weighted by molar-refractivity contribution is -0.127. The minimum absolute atomic E-state index is 0.0835. The molecule has 2 aliphatic rings. The summed E-state index contributed by atoms with van der Waals surface area (Å²) in [5.74, 6) is -3.64. The van der Waals surface area contributed by atoms with Crippen LogP contribution in [0.1, 0.15) is 38.2 Å². The van der Waals surface area contributed by atoms with Gasteiger partial charge in [-0.15, -0.1) is 0 Å². The second-order valence-corrected chi connectivity index (χ2v) is 10.7. The molecular weight excluding hydrogens is 481 g/mol. The number of nitrogens with one attached hydrogen (secondary N) is 1. The summed E-state index contributed by atoms with van der Waals surface area (Å²) in [4.78, 5) is 26.2. The van der Waals surface area contributed by atoms with Crippen molar-refractivity contribution in [3.63, 3.8) is 0 Å². The maximum atomic E-state index is 13.4. The average molecular weight is 505 g/mol. The van der Waals surface area contributed by atoms with Crippen LogP contribution in [-0.4, -0.2) is 25.1 Å². The number of carbonyl (C=O) groups excluding carboxylic acids is 2. The Kier molecular flexibility index (Phi) is 6.59. The van der Waals surface area contributed by atoms with Crippen LogP contribution < -0.4 is 4.72 Å². The quantitative estimate of drug-likeness (QED) is 0.594. The number of rotatable bonds is 6. The third kappa shape index (κ3) is 5.32. The molecule has 2 amide bonds. The predicted molar refractivity (Wildman–Crippen MR) is 121 cm³/mol. The number of sulfonamides is 1. The van der Waals surface area contributed by atoms with Gasteiger partial charge in [0.05, 0.1) is 11.4 Å². The highest BCUT2D eigenvalue weighted by atomic mass is 32.2. The van der Waals surface area contributed by atoms with Crippen molar-refractivity contribution in [1.82, 2.24) is 9.62 Å². The molecule has 1 fully saturated rings. The Morgan fingerprint density at radius 3 is 2.40 bits per heavy atom. The van der Waals surface area contributed by atoms with Crippen molar-refractivity contribution in [3.8, 4) is 0 Å². The number of amides is 2. The summed E-state index contributed by atoms with van der Waals surface area (Å²) in [6.45, 7) is 2.22. The summed E-state index contributed by atoms with van der Waals surface area (Å²) in [6, 6.07) is 7.58. The van der Waals surface area contributed by atoms with Crippen molar-refractivity contribution >= 4 is 21.8 Å². The first-order chi connectivity index (χ1) is 16.5. The van der Waals surface area contributed by atoms with Crippen LogP contribution in [-0.2, 0) is 26.2 Å². The molecule has 0 spiro atoms. The average Bonchev–Trinajstić information content (AvgIpc) is 3.02. The van der Waals surface area contributed by atoms with E-state index >= 15 is 0 Å². The largest absolute Gasteiger partial charge is 0.311 e. The molecule has 1 heterocycles. The molecule has 1 N–H and O–H groups in total. The molecule has 2 aromatic carbocycles. The van der Waals surface area contributed by atoms with Crippen LogP contribution in [0.5, 0.6) is 0 Å². The minimum atomic E-state index is -4.49. The van der Waals surface area contributed by atoms with Crippen molar-refractivity contribution in [2.24, 2.45) is 5.41 Å². The Morgan fingerprint density at radius 2 is 1.74 bits per heavy atom. The van der Waals surface area contributed by atoms with Crippen molar-refractivity contribution < 1.29 is 31.2 Å². The second kappa shape index (κ2) is 9.33. The Hall–Kier alpha value is -3.40. The Morgan fingerprint density at radius 1 is 1.09 bits per heavy atom. The Bertz CT molecular complexity index is 1330. The Balaban J connectivity index is 1.59. The molecule has 0 radical (unpaired) electrons. The fourth-order valence-corrected chi connectivity index (χ4v) is 5.69. The highest BCUT2D eigenvalue weighted by Crippen LogP contribution is 2.50. The topological polar surface area (TPSA) is 83.6 Å². The first kappa shape index (κ1) is 24.7. The molecule has 35 heavy (non-hydrogen) atoms. The second-order valence-electron chi connectivity index (χ2n) is 8.98. The van der Waals surface area contributed by atoms with Gasteiger partial charge in [0.15, 0.2) is 0 Å². The van der Waals surface area contributed by atoms with Crippen LogP contribution in [0.25, 0.3) is 0 Å². The van der Waals surface area contributed by atoms with Crippen LogP contribution in [0.3, 0.4) is 0 Å². The Labute approximate surface area is 201 Å². The zero-order valence-corrected chi connectivity index (χ0v) is 19.7. The molecule has 4 rings (SSSR count). The van der Waals surface area contributed by atoms with Crippen molar-refractivity contribution in [1.29, 1.82) is 0 Å². The monoisotopic (exact) mass is 504 g/mol. The van der Waals surface area contributed by atoms with Crippen LogP contribution in [0, 0.1) is 22.9 Å². The number of likely N-dealkylation sites (tertiary alicyclic amines) is 1. The van der Waals surface area contributed by atoms with E-state index in [1.165, 1.54) is 18.2 Å². The predicted octanol–water partition coefficient (Wildman–Crippen LogP) is 4.34. The molecule has 1 aliphatic heterocycles. The van der Waals surface area contributed by atoms with Crippen LogP contribution in [0.15, 0.2) is 70.8 Å². The van der Waals surface area contributed by atoms with Crippen LogP contribution in [0.2, 0.25) is 0 Å². The summed E-state index contributed by atoms with van der Waals surface area (Å²) in [7, 11) is -4.49. The molecule has 184 valence electrons. The number of benzene rings is 2. The lowest BCUT2D eigenvalue weighted by Crippen LogP contribution is -2.30. The van der Waals surface area contributed by atoms with Gasteiger partial charge in [0.25, 0.3) is 15.9 Å². The molecule has 6 nitrogen and oxygen atoms in total. The van der Waals surface area contributed by atoms with Gasteiger partial charge in [-0.05, 0) is 54.7 Å². The van der Waals surface area contributed by atoms with Crippen molar-refractivity contribution in [3.05, 3.63) is 88.9 Å². The molecule has 1 atom stereocenters. The summed E-state index contributed by atoms with van der Waals surface area (Å²) >= 11 is 0. The van der Waals surface area contributed by atoms with E-state index in [1.54, 1.807) is 21.8 Å². The molecule has 0 saturated carbocycles. The van der Waals surface area contributed by atoms with Gasteiger partial charge < -0.3 is 4.90 Å². The van der Waals surface area contributed by atoms with E-state index < -0.39 is 37.9 Å². The molecular formula is C25H23F3N2O4S. The first-order valence-electron chi connectivity index (χ1n) is 11.0. The normalized spacial score (nSPS) is 20.5. The number of hydrogen-bond donors (Lipinski definition) is 1. The van der Waals surface area contributed by atoms with Crippen molar-refractivity contribution in [2.45, 2.75) is 44.0 Å². The number of hydrogen-bond acceptors (Lipinski definition) is 4. The van der Waals surface area contributed by atoms with Gasteiger partial charge in [-0.2, -0.15) is 0 Å². The number of allylic oxidation sites excluding steroid dienone is 3. The highest BCUT2D eigenvalue weighted by Gasteiger charge is 2.46. The van der Waals surface area contributed by atoms with E-state index in [-0.39, 0.29) is 18.3 Å². The van der Waals surface area contributed by atoms with E-state index in [0.29, 0.717) is 31.0 Å². The van der Waals surface area contributed by atoms with Gasteiger partial charge in [0.2, 0.25) is 5.91 Å². The molecule has 1 unspecified atom stereocenters. The van der Waals surface area contributed by atoms with Gasteiger partial charge in [-0.25, -0.2) is 26.3 Å². The van der Waals surface area contributed by atoms with Crippen molar-refractivity contribution in [2.75, 3.05) is 0 Å². The molecule has 1 saturated heterocycles. The highest BCUT2D eigenvalue weighted by molar-refractivity contribution is 7.90. The van der Waals surface area contributed by atoms with E-state index in [9.17, 15) is 31.2 Å². The van der Waals surface area contributed by atoms with E-state index in [2.05, 4.69) is 0 Å². The zero-order chi connectivity index (χ0) is 25.4. The van der Waals surface area contributed by atoms with Gasteiger partial charge >= 0.3 is 0 Å². The summed E-state index contributed by atoms with van der Waals surface area (Å²) in [5.41, 5.74) is 1.79. The van der Waals surface area contributed by atoms with E-state index in [1.807, 2.05) is 6.92 Å². The van der Waals surface area contributed by atoms with E-state index in [0.717, 1.165) is 35.8 Å². The molecule has 1 aliphatic carbocycles. The summed E-state index contributed by atoms with van der Waals surface area (Å²) in [6.07, 6.45) is 4.92. The van der Waals surface area contributed by atoms with Gasteiger partial charge in [0.1, 0.15) is 17.5 Å². The maximum absolute atomic E-state index is 13.4. The SMILES string of the molecule is CC12CCCC(/C=C/C(=O)NS(=O)(=O)c3cc(F)cc(F)c3)=C1N(Cc1ccc(F)cc1)C(=O)C2. The summed E-state index contributed by atoms with van der Waals surface area (Å²) in [5, 5.41) is 0. The van der Waals surface area contributed by atoms with Gasteiger partial charge in [-0.1, -0.05) is 25.1 Å². The molecule has 10 heteroatoms. The number of halogens is 3. The fraction of sp³-hybridized carbons (Fsp3) is 0.280. The minimum Gasteiger partial charge on any atom is -0.311 e. The third-order valence-corrected chi connectivity index (χ3v) is 7.56. The van der Waals surface area contributed by atoms with Crippen LogP contribution >= 0.6 is 0 Å². The van der Waals surface area contributed by atoms with Gasteiger partial charge in [0, 0.05) is 29.7 Å². The number of carbonyl (C=O) groups is 2. The smallest absolute Gasteiger partial charge is 0.264 e. The number of fused-ring (bicyclic) bond motifs is 1. The molecule has 2 aromatic rings. The lowest BCUT2D eigenvalue weighted by atomic mass is 9.74. The van der Waals surface area contributed by atoms with Crippen LogP contribution in [0.4, 0.5) is 13.2 Å². The molecule has 0 aromatic heterocycles. The third-order valence-electron chi connectivity index (χ3n) is 6.23. The number of nitrogens with zero attached hydrogens (tertiary/aromatic N) is 1. The first-order valence-corrected chi connectivity index (χ1v) is 12.4. The summed E-state index contributed by atoms with van der Waals surface area (Å²) < 4.78 is 66.6. The lowest BCUT2D eigenvalue weighted by Gasteiger charge is -2.34. The zero-order valence-electron chi connectivity index (χ0n) is 18.9. The maximum Gasteiger partial charge on any atom is 0.264 e. The van der Waals surface area contributed by atoms with E-state index in [4.69, 9.17) is 0 Å².